The van der Waals surface area contributed by atoms with Gasteiger partial charge in [-0.15, -0.1) is 0 Å². The molecule has 0 saturated carbocycles. The zero-order valence-corrected chi connectivity index (χ0v) is 29.3. The summed E-state index contributed by atoms with van der Waals surface area (Å²) in [5, 5.41) is 7.51. The number of benzene rings is 8. The van der Waals surface area contributed by atoms with Crippen molar-refractivity contribution in [2.45, 2.75) is 26.2 Å². The summed E-state index contributed by atoms with van der Waals surface area (Å²) in [6, 6.07) is 66.8. The van der Waals surface area contributed by atoms with Gasteiger partial charge in [-0.1, -0.05) is 178 Å². The van der Waals surface area contributed by atoms with Crippen LogP contribution in [-0.4, -0.2) is 4.57 Å². The smallest absolute Gasteiger partial charge is 0.0535 e. The predicted octanol–water partition coefficient (Wildman–Crippen LogP) is 13.9. The molecule has 0 amide bonds. The molecule has 1 aromatic heterocycles. The number of hydrogen-bond donors (Lipinski definition) is 0. The first-order valence-corrected chi connectivity index (χ1v) is 17.9. The van der Waals surface area contributed by atoms with Crippen LogP contribution in [0.4, 0.5) is 0 Å². The van der Waals surface area contributed by atoms with Crippen molar-refractivity contribution >= 4 is 32.3 Å². The third kappa shape index (κ3) is 5.34. The number of rotatable bonds is 5. The molecule has 0 radical (unpaired) electrons. The highest BCUT2D eigenvalue weighted by Crippen LogP contribution is 2.46. The number of fused-ring (bicyclic) bond motifs is 3. The molecule has 1 nitrogen and oxygen atoms in total. The maximum Gasteiger partial charge on any atom is 0.0535 e. The SMILES string of the molecule is CC(C)(C)c1ccc(-c2c3ccccc3c(-c3cccc4ccccc34)c3cc(-n4c(-c5ccccc5)ccc4-c4ccccc4)ccc23)cc1. The summed E-state index contributed by atoms with van der Waals surface area (Å²) in [4.78, 5) is 0. The number of hydrogen-bond acceptors (Lipinski definition) is 0. The Balaban J connectivity index is 1.41. The van der Waals surface area contributed by atoms with Gasteiger partial charge < -0.3 is 4.57 Å². The van der Waals surface area contributed by atoms with E-state index in [0.717, 1.165) is 5.69 Å². The van der Waals surface area contributed by atoms with Gasteiger partial charge in [0.1, 0.15) is 0 Å². The van der Waals surface area contributed by atoms with E-state index in [9.17, 15) is 0 Å². The van der Waals surface area contributed by atoms with E-state index in [1.54, 1.807) is 0 Å². The van der Waals surface area contributed by atoms with Gasteiger partial charge in [0.05, 0.1) is 11.4 Å². The minimum Gasteiger partial charge on any atom is -0.309 e. The van der Waals surface area contributed by atoms with Crippen LogP contribution in [0.15, 0.2) is 182 Å². The molecule has 8 aromatic carbocycles. The van der Waals surface area contributed by atoms with Crippen molar-refractivity contribution in [3.8, 4) is 50.5 Å². The quantitative estimate of drug-likeness (QED) is 0.163. The lowest BCUT2D eigenvalue weighted by atomic mass is 9.83. The van der Waals surface area contributed by atoms with Gasteiger partial charge in [0.15, 0.2) is 0 Å². The normalized spacial score (nSPS) is 11.8. The average molecular weight is 654 g/mol. The summed E-state index contributed by atoms with van der Waals surface area (Å²) in [6.45, 7) is 6.84. The number of nitrogens with zero attached hydrogens (tertiary/aromatic N) is 1. The van der Waals surface area contributed by atoms with Crippen molar-refractivity contribution in [1.29, 1.82) is 0 Å². The van der Waals surface area contributed by atoms with Gasteiger partial charge in [0, 0.05) is 5.69 Å². The Labute approximate surface area is 300 Å². The highest BCUT2D eigenvalue weighted by Gasteiger charge is 2.21. The second kappa shape index (κ2) is 12.3. The maximum atomic E-state index is 2.44. The summed E-state index contributed by atoms with van der Waals surface area (Å²) >= 11 is 0. The van der Waals surface area contributed by atoms with Crippen molar-refractivity contribution in [2.75, 3.05) is 0 Å². The van der Waals surface area contributed by atoms with Gasteiger partial charge in [0.25, 0.3) is 0 Å². The average Bonchev–Trinajstić information content (AvgIpc) is 3.62. The van der Waals surface area contributed by atoms with Gasteiger partial charge in [-0.25, -0.2) is 0 Å². The van der Waals surface area contributed by atoms with Crippen LogP contribution in [0.1, 0.15) is 26.3 Å². The highest BCUT2D eigenvalue weighted by atomic mass is 15.0. The van der Waals surface area contributed by atoms with Gasteiger partial charge in [-0.05, 0) is 101 Å². The molecule has 9 rings (SSSR count). The van der Waals surface area contributed by atoms with E-state index in [1.165, 1.54) is 82.6 Å². The molecular formula is C50H39N. The maximum absolute atomic E-state index is 2.44. The fraction of sp³-hybridized carbons (Fsp3) is 0.0800. The van der Waals surface area contributed by atoms with Crippen LogP contribution in [0.2, 0.25) is 0 Å². The molecule has 0 unspecified atom stereocenters. The Morgan fingerprint density at radius 1 is 0.373 bits per heavy atom. The molecule has 244 valence electrons. The zero-order valence-electron chi connectivity index (χ0n) is 29.3. The van der Waals surface area contributed by atoms with Crippen LogP contribution in [-0.2, 0) is 5.41 Å². The largest absolute Gasteiger partial charge is 0.309 e. The topological polar surface area (TPSA) is 4.93 Å². The molecular weight excluding hydrogens is 615 g/mol. The third-order valence-corrected chi connectivity index (χ3v) is 10.4. The van der Waals surface area contributed by atoms with E-state index < -0.39 is 0 Å². The van der Waals surface area contributed by atoms with Crippen LogP contribution in [0, 0.1) is 0 Å². The monoisotopic (exact) mass is 653 g/mol. The first-order chi connectivity index (χ1) is 25.0. The molecule has 0 aliphatic heterocycles. The van der Waals surface area contributed by atoms with Crippen molar-refractivity contribution in [2.24, 2.45) is 0 Å². The molecule has 1 heterocycles. The fourth-order valence-electron chi connectivity index (χ4n) is 7.87. The second-order valence-electron chi connectivity index (χ2n) is 14.6. The Kier molecular flexibility index (Phi) is 7.44. The molecule has 0 spiro atoms. The molecule has 0 saturated heterocycles. The molecule has 9 aromatic rings. The van der Waals surface area contributed by atoms with Crippen LogP contribution < -0.4 is 0 Å². The Morgan fingerprint density at radius 2 is 0.902 bits per heavy atom. The van der Waals surface area contributed by atoms with Crippen LogP contribution >= 0.6 is 0 Å². The molecule has 1 heteroatoms. The van der Waals surface area contributed by atoms with E-state index in [0.29, 0.717) is 0 Å². The molecule has 0 aliphatic rings. The molecule has 51 heavy (non-hydrogen) atoms. The summed E-state index contributed by atoms with van der Waals surface area (Å²) in [6.07, 6.45) is 0. The summed E-state index contributed by atoms with van der Waals surface area (Å²) in [5.41, 5.74) is 12.3. The van der Waals surface area contributed by atoms with Gasteiger partial charge in [-0.3, -0.25) is 0 Å². The fourth-order valence-corrected chi connectivity index (χ4v) is 7.87. The van der Waals surface area contributed by atoms with E-state index >= 15 is 0 Å². The Hall–Kier alpha value is -6.18. The third-order valence-electron chi connectivity index (χ3n) is 10.4. The lowest BCUT2D eigenvalue weighted by Crippen LogP contribution is -2.10. The zero-order chi connectivity index (χ0) is 34.5. The van der Waals surface area contributed by atoms with E-state index in [1.807, 2.05) is 0 Å². The lowest BCUT2D eigenvalue weighted by molar-refractivity contribution is 0.590. The summed E-state index contributed by atoms with van der Waals surface area (Å²) in [5.74, 6) is 0. The molecule has 0 fully saturated rings. The van der Waals surface area contributed by atoms with E-state index in [2.05, 4.69) is 207 Å². The van der Waals surface area contributed by atoms with Crippen LogP contribution in [0.25, 0.3) is 82.8 Å². The molecule has 0 atom stereocenters. The summed E-state index contributed by atoms with van der Waals surface area (Å²) < 4.78 is 2.43. The first kappa shape index (κ1) is 30.8. The minimum atomic E-state index is 0.0828. The van der Waals surface area contributed by atoms with E-state index in [4.69, 9.17) is 0 Å². The van der Waals surface area contributed by atoms with Crippen LogP contribution in [0.5, 0.6) is 0 Å². The van der Waals surface area contributed by atoms with Crippen molar-refractivity contribution in [3.05, 3.63) is 188 Å². The van der Waals surface area contributed by atoms with Gasteiger partial charge in [-0.2, -0.15) is 0 Å². The Morgan fingerprint density at radius 3 is 1.53 bits per heavy atom. The highest BCUT2D eigenvalue weighted by molar-refractivity contribution is 6.23. The standard InChI is InChI=1S/C50H39N/c1-50(2,3)38-27-25-37(26-28-38)48-42-22-12-13-23-43(42)49(41-24-14-20-34-15-10-11-21-40(34)41)45-33-39(29-30-44(45)48)51-46(35-16-6-4-7-17-35)31-32-47(51)36-18-8-5-9-19-36/h4-33H,1-3H3. The Bertz CT molecular complexity index is 2630. The first-order valence-electron chi connectivity index (χ1n) is 17.9. The van der Waals surface area contributed by atoms with Crippen molar-refractivity contribution < 1.29 is 0 Å². The van der Waals surface area contributed by atoms with Gasteiger partial charge >= 0.3 is 0 Å². The molecule has 0 bridgehead atoms. The second-order valence-corrected chi connectivity index (χ2v) is 14.6. The predicted molar refractivity (Wildman–Crippen MR) is 219 cm³/mol. The minimum absolute atomic E-state index is 0.0828. The van der Waals surface area contributed by atoms with Gasteiger partial charge in [0.2, 0.25) is 0 Å². The molecule has 0 aliphatic carbocycles. The van der Waals surface area contributed by atoms with E-state index in [-0.39, 0.29) is 5.41 Å². The van der Waals surface area contributed by atoms with Crippen molar-refractivity contribution in [3.63, 3.8) is 0 Å². The molecule has 0 N–H and O–H groups in total. The van der Waals surface area contributed by atoms with Crippen LogP contribution in [0.3, 0.4) is 0 Å². The summed E-state index contributed by atoms with van der Waals surface area (Å²) in [7, 11) is 0. The lowest BCUT2D eigenvalue weighted by Gasteiger charge is -2.22. The number of aromatic nitrogens is 1. The van der Waals surface area contributed by atoms with Crippen molar-refractivity contribution in [1.82, 2.24) is 4.57 Å².